The van der Waals surface area contributed by atoms with Crippen molar-refractivity contribution < 1.29 is 24.6 Å². The summed E-state index contributed by atoms with van der Waals surface area (Å²) in [5.74, 6) is -2.64. The highest BCUT2D eigenvalue weighted by atomic mass is 16.4. The molecule has 0 aromatic carbocycles. The van der Waals surface area contributed by atoms with E-state index in [9.17, 15) is 14.4 Å². The molecule has 0 bridgehead atoms. The third kappa shape index (κ3) is 4.18. The fourth-order valence-corrected chi connectivity index (χ4v) is 1.98. The molecule has 1 aliphatic heterocycles. The van der Waals surface area contributed by atoms with E-state index in [1.807, 2.05) is 0 Å². The van der Waals surface area contributed by atoms with Crippen LogP contribution in [-0.4, -0.2) is 51.7 Å². The van der Waals surface area contributed by atoms with Crippen LogP contribution in [0.2, 0.25) is 0 Å². The molecule has 0 spiro atoms. The Balaban J connectivity index is 2.63. The Hall–Kier alpha value is -1.67. The molecule has 0 aliphatic carbocycles. The maximum atomic E-state index is 11.6. The Bertz CT molecular complexity index is 360. The molecule has 8 heteroatoms. The number of carboxylic acids is 2. The largest absolute Gasteiger partial charge is 0.480 e. The van der Waals surface area contributed by atoms with Crippen LogP contribution in [0, 0.1) is 0 Å². The van der Waals surface area contributed by atoms with Crippen molar-refractivity contribution in [1.29, 1.82) is 0 Å². The lowest BCUT2D eigenvalue weighted by Gasteiger charge is -2.26. The van der Waals surface area contributed by atoms with Crippen LogP contribution in [0.25, 0.3) is 0 Å². The van der Waals surface area contributed by atoms with Crippen molar-refractivity contribution in [3.8, 4) is 0 Å². The number of carbonyl (C=O) groups is 3. The van der Waals surface area contributed by atoms with Crippen molar-refractivity contribution in [2.24, 2.45) is 5.73 Å². The van der Waals surface area contributed by atoms with Crippen LogP contribution in [0.1, 0.15) is 32.1 Å². The summed E-state index contributed by atoms with van der Waals surface area (Å²) in [6.45, 7) is 0.465. The number of carbonyl (C=O) groups excluding carboxylic acids is 1. The molecule has 0 aromatic heterocycles. The molecule has 1 heterocycles. The lowest BCUT2D eigenvalue weighted by atomic mass is 10.1. The third-order valence-electron chi connectivity index (χ3n) is 3.04. The van der Waals surface area contributed by atoms with E-state index in [0.717, 1.165) is 5.01 Å². The van der Waals surface area contributed by atoms with Gasteiger partial charge in [0.25, 0.3) is 0 Å². The molecule has 1 aliphatic rings. The van der Waals surface area contributed by atoms with Gasteiger partial charge in [0.1, 0.15) is 12.1 Å². The number of rotatable bonds is 8. The molecule has 0 aromatic rings. The second-order valence-corrected chi connectivity index (χ2v) is 4.46. The van der Waals surface area contributed by atoms with E-state index >= 15 is 0 Å². The fourth-order valence-electron chi connectivity index (χ4n) is 1.98. The monoisotopic (exact) mass is 273 g/mol. The first-order valence-electron chi connectivity index (χ1n) is 6.21. The van der Waals surface area contributed by atoms with Crippen LogP contribution in [0.4, 0.5) is 0 Å². The van der Waals surface area contributed by atoms with E-state index in [-0.39, 0.29) is 12.8 Å². The molecule has 0 radical (unpaired) electrons. The zero-order chi connectivity index (χ0) is 14.4. The predicted octanol–water partition coefficient (Wildman–Crippen LogP) is -0.851. The maximum absolute atomic E-state index is 11.6. The lowest BCUT2D eigenvalue weighted by Crippen LogP contribution is -2.54. The van der Waals surface area contributed by atoms with E-state index in [1.54, 1.807) is 0 Å². The van der Waals surface area contributed by atoms with Gasteiger partial charge in [-0.2, -0.15) is 0 Å². The number of nitrogens with one attached hydrogen (secondary N) is 1. The summed E-state index contributed by atoms with van der Waals surface area (Å²) < 4.78 is 0. The zero-order valence-corrected chi connectivity index (χ0v) is 10.5. The number of hydrazine groups is 1. The third-order valence-corrected chi connectivity index (χ3v) is 3.04. The number of aliphatic carboxylic acids is 2. The average molecular weight is 273 g/mol. The van der Waals surface area contributed by atoms with Crippen LogP contribution in [0.15, 0.2) is 0 Å². The highest BCUT2D eigenvalue weighted by Crippen LogP contribution is 2.17. The van der Waals surface area contributed by atoms with Crippen molar-refractivity contribution in [3.63, 3.8) is 0 Å². The first-order valence-corrected chi connectivity index (χ1v) is 6.21. The van der Waals surface area contributed by atoms with Gasteiger partial charge in [-0.1, -0.05) is 0 Å². The number of nitrogens with zero attached hydrogens (tertiary/aromatic N) is 1. The smallest absolute Gasteiger partial charge is 0.328 e. The Labute approximate surface area is 110 Å². The molecular weight excluding hydrogens is 254 g/mol. The number of unbranched alkanes of at least 4 members (excludes halogenated alkanes) is 1. The van der Waals surface area contributed by atoms with Gasteiger partial charge in [-0.25, -0.2) is 10.2 Å². The molecule has 1 saturated heterocycles. The van der Waals surface area contributed by atoms with Gasteiger partial charge < -0.3 is 15.9 Å². The number of carboxylic acid groups (broad SMARTS) is 2. The van der Waals surface area contributed by atoms with E-state index in [0.29, 0.717) is 25.8 Å². The number of hydrogen-bond donors (Lipinski definition) is 4. The first kappa shape index (κ1) is 15.4. The van der Waals surface area contributed by atoms with E-state index < -0.39 is 29.9 Å². The topological polar surface area (TPSA) is 133 Å². The quantitative estimate of drug-likeness (QED) is 0.423. The highest BCUT2D eigenvalue weighted by Gasteiger charge is 2.38. The van der Waals surface area contributed by atoms with Crippen molar-refractivity contribution in [2.45, 2.75) is 44.2 Å². The number of amides is 1. The van der Waals surface area contributed by atoms with Crippen LogP contribution < -0.4 is 11.2 Å². The van der Waals surface area contributed by atoms with Crippen LogP contribution in [0.3, 0.4) is 0 Å². The molecule has 8 nitrogen and oxygen atoms in total. The van der Waals surface area contributed by atoms with Gasteiger partial charge in [0.2, 0.25) is 5.91 Å². The molecule has 2 atom stereocenters. The molecule has 1 rings (SSSR count). The lowest BCUT2D eigenvalue weighted by molar-refractivity contribution is -0.152. The van der Waals surface area contributed by atoms with Gasteiger partial charge in [0.05, 0.1) is 0 Å². The summed E-state index contributed by atoms with van der Waals surface area (Å²) >= 11 is 0. The van der Waals surface area contributed by atoms with Crippen molar-refractivity contribution in [2.75, 3.05) is 6.54 Å². The molecule has 1 amide bonds. The van der Waals surface area contributed by atoms with Gasteiger partial charge >= 0.3 is 11.9 Å². The summed E-state index contributed by atoms with van der Waals surface area (Å²) in [5, 5.41) is 19.0. The Morgan fingerprint density at radius 2 is 2.11 bits per heavy atom. The molecule has 5 N–H and O–H groups in total. The number of nitrogens with two attached hydrogens (primary N) is 1. The Morgan fingerprint density at radius 1 is 1.42 bits per heavy atom. The Kier molecular flexibility index (Phi) is 5.71. The molecule has 108 valence electrons. The number of hydrogen-bond acceptors (Lipinski definition) is 5. The zero-order valence-electron chi connectivity index (χ0n) is 10.5. The van der Waals surface area contributed by atoms with E-state index in [2.05, 4.69) is 5.43 Å². The summed E-state index contributed by atoms with van der Waals surface area (Å²) in [7, 11) is 0. The molecule has 0 saturated carbocycles. The summed E-state index contributed by atoms with van der Waals surface area (Å²) in [6, 6.07) is -1.97. The maximum Gasteiger partial charge on any atom is 0.328 e. The normalized spacial score (nSPS) is 20.6. The molecule has 1 fully saturated rings. The average Bonchev–Trinajstić information content (AvgIpc) is 2.69. The summed E-state index contributed by atoms with van der Waals surface area (Å²) in [5.41, 5.74) is 7.85. The first-order chi connectivity index (χ1) is 8.97. The second kappa shape index (κ2) is 7.05. The molecule has 19 heavy (non-hydrogen) atoms. The summed E-state index contributed by atoms with van der Waals surface area (Å²) in [6.07, 6.45) is 1.88. The van der Waals surface area contributed by atoms with E-state index in [4.69, 9.17) is 15.9 Å². The fraction of sp³-hybridized carbons (Fsp3) is 0.727. The van der Waals surface area contributed by atoms with Gasteiger partial charge in [-0.3, -0.25) is 14.6 Å². The van der Waals surface area contributed by atoms with Gasteiger partial charge in [0, 0.05) is 6.42 Å². The van der Waals surface area contributed by atoms with Crippen LogP contribution in [-0.2, 0) is 14.4 Å². The summed E-state index contributed by atoms with van der Waals surface area (Å²) in [4.78, 5) is 33.6. The van der Waals surface area contributed by atoms with Crippen molar-refractivity contribution in [3.05, 3.63) is 0 Å². The predicted molar refractivity (Wildman–Crippen MR) is 65.0 cm³/mol. The molecule has 0 unspecified atom stereocenters. The SMILES string of the molecule is NCCCC[C@@H](NN1C(=O)CC[C@H]1C(=O)O)C(=O)O. The second-order valence-electron chi connectivity index (χ2n) is 4.46. The Morgan fingerprint density at radius 3 is 2.63 bits per heavy atom. The van der Waals surface area contributed by atoms with Crippen molar-refractivity contribution in [1.82, 2.24) is 10.4 Å². The standard InChI is InChI=1S/C11H19N3O5/c12-6-2-1-3-7(10(16)17)13-14-8(11(18)19)4-5-9(14)15/h7-8,13H,1-6,12H2,(H,16,17)(H,18,19)/t7-,8+/m1/s1. The highest BCUT2D eigenvalue weighted by molar-refractivity contribution is 5.87. The van der Waals surface area contributed by atoms with Gasteiger partial charge in [0.15, 0.2) is 0 Å². The minimum atomic E-state index is -1.13. The minimum absolute atomic E-state index is 0.110. The van der Waals surface area contributed by atoms with Crippen molar-refractivity contribution >= 4 is 17.8 Å². The van der Waals surface area contributed by atoms with Gasteiger partial charge in [-0.05, 0) is 32.2 Å². The van der Waals surface area contributed by atoms with Crippen LogP contribution >= 0.6 is 0 Å². The van der Waals surface area contributed by atoms with Crippen LogP contribution in [0.5, 0.6) is 0 Å². The van der Waals surface area contributed by atoms with Gasteiger partial charge in [-0.15, -0.1) is 0 Å². The molecular formula is C11H19N3O5. The minimum Gasteiger partial charge on any atom is -0.480 e. The van der Waals surface area contributed by atoms with E-state index in [1.165, 1.54) is 0 Å².